The standard InChI is InChI=1S/C8H12N4/c1-5-4-9-8-10-7(3)11-12(8)6(5)2/h4H2,1-3H3,(H,9,10,11). The van der Waals surface area contributed by atoms with Gasteiger partial charge in [0.1, 0.15) is 5.82 Å². The van der Waals surface area contributed by atoms with E-state index in [4.69, 9.17) is 0 Å². The zero-order chi connectivity index (χ0) is 8.72. The molecule has 4 nitrogen and oxygen atoms in total. The van der Waals surface area contributed by atoms with Crippen molar-refractivity contribution in [3.05, 3.63) is 11.4 Å². The molecule has 0 radical (unpaired) electrons. The summed E-state index contributed by atoms with van der Waals surface area (Å²) >= 11 is 0. The van der Waals surface area contributed by atoms with E-state index in [9.17, 15) is 0 Å². The molecular weight excluding hydrogens is 152 g/mol. The highest BCUT2D eigenvalue weighted by Gasteiger charge is 2.14. The fourth-order valence-corrected chi connectivity index (χ4v) is 1.28. The predicted molar refractivity (Wildman–Crippen MR) is 47.8 cm³/mol. The number of hydrogen-bond donors (Lipinski definition) is 1. The van der Waals surface area contributed by atoms with Crippen molar-refractivity contribution >= 4 is 11.6 Å². The molecule has 2 rings (SSSR count). The number of allylic oxidation sites excluding steroid dienone is 1. The molecule has 1 N–H and O–H groups in total. The number of fused-ring (bicyclic) bond motifs is 1. The Hall–Kier alpha value is -1.32. The molecule has 0 unspecified atom stereocenters. The van der Waals surface area contributed by atoms with Crippen LogP contribution in [0.4, 0.5) is 5.95 Å². The Balaban J connectivity index is 2.58. The Labute approximate surface area is 71.3 Å². The van der Waals surface area contributed by atoms with Gasteiger partial charge in [0, 0.05) is 12.2 Å². The van der Waals surface area contributed by atoms with E-state index in [-0.39, 0.29) is 0 Å². The Morgan fingerprint density at radius 1 is 1.33 bits per heavy atom. The number of nitrogens with zero attached hydrogens (tertiary/aromatic N) is 3. The van der Waals surface area contributed by atoms with Crippen LogP contribution in [0.3, 0.4) is 0 Å². The van der Waals surface area contributed by atoms with Gasteiger partial charge >= 0.3 is 0 Å². The van der Waals surface area contributed by atoms with Crippen molar-refractivity contribution in [2.45, 2.75) is 20.8 Å². The van der Waals surface area contributed by atoms with Crippen molar-refractivity contribution in [3.8, 4) is 0 Å². The van der Waals surface area contributed by atoms with E-state index in [1.54, 1.807) is 0 Å². The minimum Gasteiger partial charge on any atom is -0.350 e. The van der Waals surface area contributed by atoms with E-state index in [1.807, 2.05) is 11.6 Å². The molecular formula is C8H12N4. The minimum absolute atomic E-state index is 0.812. The maximum Gasteiger partial charge on any atom is 0.226 e. The first kappa shape index (κ1) is 7.34. The van der Waals surface area contributed by atoms with Gasteiger partial charge in [0.05, 0.1) is 0 Å². The number of aryl methyl sites for hydroxylation is 1. The highest BCUT2D eigenvalue weighted by atomic mass is 15.4. The number of nitrogens with one attached hydrogen (secondary N) is 1. The molecule has 0 atom stereocenters. The van der Waals surface area contributed by atoms with Crippen LogP contribution in [-0.4, -0.2) is 21.3 Å². The molecule has 2 heterocycles. The van der Waals surface area contributed by atoms with Crippen LogP contribution < -0.4 is 5.32 Å². The summed E-state index contributed by atoms with van der Waals surface area (Å²) in [5.41, 5.74) is 2.50. The summed E-state index contributed by atoms with van der Waals surface area (Å²) < 4.78 is 1.86. The van der Waals surface area contributed by atoms with Gasteiger partial charge in [-0.1, -0.05) is 0 Å². The third kappa shape index (κ3) is 0.913. The molecule has 0 fully saturated rings. The van der Waals surface area contributed by atoms with Gasteiger partial charge in [-0.3, -0.25) is 0 Å². The van der Waals surface area contributed by atoms with Gasteiger partial charge in [-0.25, -0.2) is 4.68 Å². The maximum absolute atomic E-state index is 4.27. The second kappa shape index (κ2) is 2.33. The predicted octanol–water partition coefficient (Wildman–Crippen LogP) is 1.26. The summed E-state index contributed by atoms with van der Waals surface area (Å²) in [6, 6.07) is 0. The Morgan fingerprint density at radius 2 is 2.08 bits per heavy atom. The Bertz CT molecular complexity index is 348. The normalized spacial score (nSPS) is 15.9. The molecule has 0 aromatic carbocycles. The average molecular weight is 164 g/mol. The topological polar surface area (TPSA) is 42.7 Å². The molecule has 64 valence electrons. The Kier molecular flexibility index (Phi) is 1.43. The average Bonchev–Trinajstić information content (AvgIpc) is 2.39. The molecule has 0 saturated heterocycles. The van der Waals surface area contributed by atoms with Crippen LogP contribution in [0.1, 0.15) is 19.7 Å². The monoisotopic (exact) mass is 164 g/mol. The third-order valence-electron chi connectivity index (χ3n) is 2.16. The van der Waals surface area contributed by atoms with Crippen LogP contribution in [0.2, 0.25) is 0 Å². The van der Waals surface area contributed by atoms with Gasteiger partial charge in [0.25, 0.3) is 0 Å². The number of aromatic nitrogens is 3. The van der Waals surface area contributed by atoms with Gasteiger partial charge in [-0.05, 0) is 26.3 Å². The lowest BCUT2D eigenvalue weighted by Crippen LogP contribution is -2.17. The molecule has 0 bridgehead atoms. The van der Waals surface area contributed by atoms with E-state index in [0.29, 0.717) is 0 Å². The van der Waals surface area contributed by atoms with Crippen molar-refractivity contribution in [1.82, 2.24) is 14.8 Å². The van der Waals surface area contributed by atoms with E-state index in [2.05, 4.69) is 29.2 Å². The first-order valence-corrected chi connectivity index (χ1v) is 4.03. The highest BCUT2D eigenvalue weighted by molar-refractivity contribution is 5.57. The summed E-state index contributed by atoms with van der Waals surface area (Å²) in [7, 11) is 0. The Morgan fingerprint density at radius 3 is 2.83 bits per heavy atom. The summed E-state index contributed by atoms with van der Waals surface area (Å²) in [6.07, 6.45) is 0. The molecule has 0 saturated carbocycles. The molecule has 1 aliphatic heterocycles. The minimum atomic E-state index is 0.812. The third-order valence-corrected chi connectivity index (χ3v) is 2.16. The van der Waals surface area contributed by atoms with Gasteiger partial charge < -0.3 is 5.32 Å². The molecule has 12 heavy (non-hydrogen) atoms. The van der Waals surface area contributed by atoms with Gasteiger partial charge in [-0.15, -0.1) is 0 Å². The first-order chi connectivity index (χ1) is 5.68. The van der Waals surface area contributed by atoms with Crippen molar-refractivity contribution in [3.63, 3.8) is 0 Å². The second-order valence-corrected chi connectivity index (χ2v) is 3.11. The van der Waals surface area contributed by atoms with Crippen molar-refractivity contribution < 1.29 is 0 Å². The highest BCUT2D eigenvalue weighted by Crippen LogP contribution is 2.19. The largest absolute Gasteiger partial charge is 0.350 e. The molecule has 1 aliphatic rings. The lowest BCUT2D eigenvalue weighted by Gasteiger charge is -2.16. The van der Waals surface area contributed by atoms with Crippen LogP contribution in [0, 0.1) is 6.92 Å². The van der Waals surface area contributed by atoms with Gasteiger partial charge in [0.2, 0.25) is 5.95 Å². The lowest BCUT2D eigenvalue weighted by atomic mass is 10.2. The van der Waals surface area contributed by atoms with Crippen LogP contribution in [0.25, 0.3) is 5.70 Å². The van der Waals surface area contributed by atoms with Crippen molar-refractivity contribution in [1.29, 1.82) is 0 Å². The molecule has 0 amide bonds. The van der Waals surface area contributed by atoms with Crippen LogP contribution >= 0.6 is 0 Å². The van der Waals surface area contributed by atoms with Gasteiger partial charge in [-0.2, -0.15) is 10.1 Å². The molecule has 0 aliphatic carbocycles. The van der Waals surface area contributed by atoms with Crippen molar-refractivity contribution in [2.24, 2.45) is 0 Å². The van der Waals surface area contributed by atoms with E-state index in [0.717, 1.165) is 18.3 Å². The number of anilines is 1. The number of hydrogen-bond acceptors (Lipinski definition) is 3. The molecule has 1 aromatic rings. The van der Waals surface area contributed by atoms with Gasteiger partial charge in [0.15, 0.2) is 0 Å². The quantitative estimate of drug-likeness (QED) is 0.627. The molecule has 4 heteroatoms. The van der Waals surface area contributed by atoms with Crippen LogP contribution in [-0.2, 0) is 0 Å². The summed E-state index contributed by atoms with van der Waals surface area (Å²) in [5, 5.41) is 7.46. The smallest absolute Gasteiger partial charge is 0.226 e. The van der Waals surface area contributed by atoms with E-state index < -0.39 is 0 Å². The fraction of sp³-hybridized carbons (Fsp3) is 0.500. The summed E-state index contributed by atoms with van der Waals surface area (Å²) in [5.74, 6) is 1.67. The zero-order valence-electron chi connectivity index (χ0n) is 7.55. The molecule has 1 aromatic heterocycles. The lowest BCUT2D eigenvalue weighted by molar-refractivity contribution is 0.846. The first-order valence-electron chi connectivity index (χ1n) is 4.03. The van der Waals surface area contributed by atoms with Crippen LogP contribution in [0.5, 0.6) is 0 Å². The summed E-state index contributed by atoms with van der Waals surface area (Å²) in [6.45, 7) is 6.94. The SMILES string of the molecule is CC1=C(C)n2nc(C)nc2NC1. The fourth-order valence-electron chi connectivity index (χ4n) is 1.28. The van der Waals surface area contributed by atoms with Crippen LogP contribution in [0.15, 0.2) is 5.57 Å². The summed E-state index contributed by atoms with van der Waals surface area (Å²) in [4.78, 5) is 4.24. The second-order valence-electron chi connectivity index (χ2n) is 3.11. The number of rotatable bonds is 0. The zero-order valence-corrected chi connectivity index (χ0v) is 7.55. The van der Waals surface area contributed by atoms with E-state index in [1.165, 1.54) is 11.3 Å². The molecule has 0 spiro atoms. The maximum atomic E-state index is 4.27. The van der Waals surface area contributed by atoms with Crippen molar-refractivity contribution in [2.75, 3.05) is 11.9 Å². The van der Waals surface area contributed by atoms with E-state index >= 15 is 0 Å².